The maximum Gasteiger partial charge on any atom is 0.235 e. The van der Waals surface area contributed by atoms with Gasteiger partial charge in [0, 0.05) is 11.6 Å². The van der Waals surface area contributed by atoms with Gasteiger partial charge in [-0.2, -0.15) is 0 Å². The lowest BCUT2D eigenvalue weighted by molar-refractivity contribution is 0.0137. The molecule has 5 nitrogen and oxygen atoms in total. The highest BCUT2D eigenvalue weighted by molar-refractivity contribution is 6.03. The molecule has 1 spiro atoms. The molecule has 5 rings (SSSR count). The van der Waals surface area contributed by atoms with Crippen molar-refractivity contribution in [3.63, 3.8) is 0 Å². The fourth-order valence-corrected chi connectivity index (χ4v) is 4.43. The van der Waals surface area contributed by atoms with Crippen LogP contribution in [0.5, 0.6) is 11.5 Å². The Bertz CT molecular complexity index is 1140. The molecule has 2 heterocycles. The van der Waals surface area contributed by atoms with Crippen LogP contribution in [0, 0.1) is 0 Å². The second-order valence-corrected chi connectivity index (χ2v) is 7.77. The third-order valence-electron chi connectivity index (χ3n) is 5.88. The number of ether oxygens (including phenoxy) is 1. The molecule has 1 fully saturated rings. The highest BCUT2D eigenvalue weighted by Gasteiger charge is 2.41. The topological polar surface area (TPSA) is 76.7 Å². The summed E-state index contributed by atoms with van der Waals surface area (Å²) in [6.45, 7) is 0. The summed E-state index contributed by atoms with van der Waals surface area (Å²) in [5.74, 6) is 0.119. The molecule has 3 aromatic rings. The molecule has 0 amide bonds. The van der Waals surface area contributed by atoms with Crippen LogP contribution >= 0.6 is 0 Å². The molecule has 1 saturated carbocycles. The zero-order valence-electron chi connectivity index (χ0n) is 15.4. The van der Waals surface area contributed by atoms with E-state index in [1.54, 1.807) is 30.3 Å². The van der Waals surface area contributed by atoms with Crippen LogP contribution in [0.15, 0.2) is 51.7 Å². The van der Waals surface area contributed by atoms with Crippen molar-refractivity contribution in [2.24, 2.45) is 0 Å². The number of rotatable bonds is 1. The second kappa shape index (κ2) is 6.23. The summed E-state index contributed by atoms with van der Waals surface area (Å²) in [5.41, 5.74) is 0.324. The molecule has 1 aliphatic carbocycles. The summed E-state index contributed by atoms with van der Waals surface area (Å²) in [7, 11) is 0. The normalized spacial score (nSPS) is 18.1. The van der Waals surface area contributed by atoms with Crippen LogP contribution in [-0.2, 0) is 0 Å². The zero-order valence-corrected chi connectivity index (χ0v) is 15.4. The van der Waals surface area contributed by atoms with E-state index in [-0.39, 0.29) is 16.9 Å². The number of Topliss-reactive ketones (excluding diaryl/α,β-unsaturated/α-hetero) is 1. The van der Waals surface area contributed by atoms with Crippen molar-refractivity contribution in [1.82, 2.24) is 0 Å². The van der Waals surface area contributed by atoms with Gasteiger partial charge in [-0.1, -0.05) is 36.8 Å². The molecule has 142 valence electrons. The quantitative estimate of drug-likeness (QED) is 0.658. The van der Waals surface area contributed by atoms with Gasteiger partial charge >= 0.3 is 0 Å². The molecule has 0 bridgehead atoms. The van der Waals surface area contributed by atoms with Gasteiger partial charge in [0.25, 0.3) is 0 Å². The van der Waals surface area contributed by atoms with Crippen molar-refractivity contribution in [2.75, 3.05) is 0 Å². The number of fused-ring (bicyclic) bond motifs is 2. The van der Waals surface area contributed by atoms with E-state index in [9.17, 15) is 14.7 Å². The average molecular weight is 376 g/mol. The summed E-state index contributed by atoms with van der Waals surface area (Å²) >= 11 is 0. The fourth-order valence-electron chi connectivity index (χ4n) is 4.43. The highest BCUT2D eigenvalue weighted by Crippen LogP contribution is 2.43. The molecule has 1 aliphatic heterocycles. The number of hydrogen-bond acceptors (Lipinski definition) is 5. The van der Waals surface area contributed by atoms with Gasteiger partial charge in [0.15, 0.2) is 11.5 Å². The first kappa shape index (κ1) is 17.0. The first-order chi connectivity index (χ1) is 13.6. The predicted molar refractivity (Wildman–Crippen MR) is 105 cm³/mol. The Morgan fingerprint density at radius 1 is 0.964 bits per heavy atom. The standard InChI is InChI=1S/C23H20O5/c24-17-13-23(9-5-2-6-10-23)28-19-12-18-16(11-15(17)19)20(25)21(26)22(27-18)14-7-3-1-4-8-14/h1,3-4,7-8,11-12,26H,2,5-6,9-10,13H2. The van der Waals surface area contributed by atoms with Crippen molar-refractivity contribution in [3.05, 3.63) is 58.3 Å². The van der Waals surface area contributed by atoms with Crippen molar-refractivity contribution >= 4 is 16.8 Å². The number of ketones is 1. The van der Waals surface area contributed by atoms with E-state index in [0.29, 0.717) is 28.9 Å². The zero-order chi connectivity index (χ0) is 19.3. The van der Waals surface area contributed by atoms with Crippen molar-refractivity contribution < 1.29 is 19.1 Å². The summed E-state index contributed by atoms with van der Waals surface area (Å²) in [6.07, 6.45) is 5.34. The number of benzene rings is 2. The van der Waals surface area contributed by atoms with Crippen LogP contribution in [-0.4, -0.2) is 16.5 Å². The smallest absolute Gasteiger partial charge is 0.235 e. The predicted octanol–water partition coefficient (Wildman–Crippen LogP) is 4.83. The highest BCUT2D eigenvalue weighted by atomic mass is 16.5. The Kier molecular flexibility index (Phi) is 3.79. The van der Waals surface area contributed by atoms with Gasteiger partial charge in [0.2, 0.25) is 11.2 Å². The lowest BCUT2D eigenvalue weighted by Gasteiger charge is -2.40. The Balaban J connectivity index is 1.69. The number of carbonyl (C=O) groups excluding carboxylic acids is 1. The fraction of sp³-hybridized carbons (Fsp3) is 0.304. The maximum atomic E-state index is 12.8. The van der Waals surface area contributed by atoms with Crippen LogP contribution < -0.4 is 10.2 Å². The minimum absolute atomic E-state index is 0.0175. The van der Waals surface area contributed by atoms with Crippen LogP contribution in [0.1, 0.15) is 48.9 Å². The van der Waals surface area contributed by atoms with Crippen molar-refractivity contribution in [1.29, 1.82) is 0 Å². The van der Waals surface area contributed by atoms with Gasteiger partial charge in [-0.05, 0) is 31.7 Å². The molecular weight excluding hydrogens is 356 g/mol. The molecule has 0 radical (unpaired) electrons. The maximum absolute atomic E-state index is 12.8. The van der Waals surface area contributed by atoms with Crippen LogP contribution in [0.25, 0.3) is 22.3 Å². The molecular formula is C23H20O5. The number of aromatic hydroxyl groups is 1. The average Bonchev–Trinajstić information content (AvgIpc) is 2.71. The summed E-state index contributed by atoms with van der Waals surface area (Å²) < 4.78 is 12.2. The summed E-state index contributed by atoms with van der Waals surface area (Å²) in [6, 6.07) is 12.1. The number of hydrogen-bond donors (Lipinski definition) is 1. The molecule has 5 heteroatoms. The molecule has 0 saturated heterocycles. The van der Waals surface area contributed by atoms with Gasteiger partial charge in [0.1, 0.15) is 16.9 Å². The third kappa shape index (κ3) is 2.61. The lowest BCUT2D eigenvalue weighted by atomic mass is 9.78. The molecule has 2 aromatic carbocycles. The lowest BCUT2D eigenvalue weighted by Crippen LogP contribution is -2.43. The van der Waals surface area contributed by atoms with E-state index in [2.05, 4.69) is 0 Å². The monoisotopic (exact) mass is 376 g/mol. The Hall–Kier alpha value is -3.08. The van der Waals surface area contributed by atoms with E-state index >= 15 is 0 Å². The third-order valence-corrected chi connectivity index (χ3v) is 5.88. The van der Waals surface area contributed by atoms with Crippen LogP contribution in [0.2, 0.25) is 0 Å². The van der Waals surface area contributed by atoms with Gasteiger partial charge < -0.3 is 14.3 Å². The van der Waals surface area contributed by atoms with Gasteiger partial charge in [-0.25, -0.2) is 0 Å². The molecule has 1 N–H and O–H groups in total. The van der Waals surface area contributed by atoms with Gasteiger partial charge in [-0.3, -0.25) is 9.59 Å². The van der Waals surface area contributed by atoms with E-state index in [4.69, 9.17) is 9.15 Å². The SMILES string of the molecule is O=C1CC2(CCCCC2)Oc2cc3oc(-c4ccccc4)c(O)c(=O)c3cc21. The van der Waals surface area contributed by atoms with E-state index in [1.165, 1.54) is 12.5 Å². The van der Waals surface area contributed by atoms with Crippen molar-refractivity contribution in [3.8, 4) is 22.8 Å². The number of carbonyl (C=O) groups is 1. The molecule has 0 unspecified atom stereocenters. The van der Waals surface area contributed by atoms with Crippen LogP contribution in [0.3, 0.4) is 0 Å². The van der Waals surface area contributed by atoms with E-state index in [1.807, 2.05) is 6.07 Å². The minimum atomic E-state index is -0.548. The second-order valence-electron chi connectivity index (χ2n) is 7.77. The molecule has 0 atom stereocenters. The Labute approximate surface area is 161 Å². The van der Waals surface area contributed by atoms with E-state index in [0.717, 1.165) is 25.7 Å². The van der Waals surface area contributed by atoms with Crippen LogP contribution in [0.4, 0.5) is 0 Å². The van der Waals surface area contributed by atoms with Crippen molar-refractivity contribution in [2.45, 2.75) is 44.1 Å². The van der Waals surface area contributed by atoms with Gasteiger partial charge in [0.05, 0.1) is 17.4 Å². The molecule has 2 aliphatic rings. The minimum Gasteiger partial charge on any atom is -0.502 e. The first-order valence-electron chi connectivity index (χ1n) is 9.68. The Morgan fingerprint density at radius 2 is 1.71 bits per heavy atom. The van der Waals surface area contributed by atoms with Gasteiger partial charge in [-0.15, -0.1) is 0 Å². The largest absolute Gasteiger partial charge is 0.502 e. The summed E-state index contributed by atoms with van der Waals surface area (Å²) in [5, 5.41) is 10.6. The molecule has 28 heavy (non-hydrogen) atoms. The first-order valence-corrected chi connectivity index (χ1v) is 9.68. The Morgan fingerprint density at radius 3 is 2.46 bits per heavy atom. The summed E-state index contributed by atoms with van der Waals surface area (Å²) in [4.78, 5) is 25.6. The van der Waals surface area contributed by atoms with E-state index < -0.39 is 16.8 Å². The molecule has 1 aromatic heterocycles.